The normalized spacial score (nSPS) is 11.1. The molecule has 0 saturated heterocycles. The summed E-state index contributed by atoms with van der Waals surface area (Å²) in [5.74, 6) is -1.24. The Balaban J connectivity index is 1.24. The third kappa shape index (κ3) is 7.38. The van der Waals surface area contributed by atoms with Gasteiger partial charge in [-0.2, -0.15) is 0 Å². The first-order valence-corrected chi connectivity index (χ1v) is 14.0. The molecule has 0 atom stereocenters. The van der Waals surface area contributed by atoms with E-state index in [4.69, 9.17) is 9.47 Å². The van der Waals surface area contributed by atoms with Gasteiger partial charge >= 0.3 is 0 Å². The molecule has 0 saturated carbocycles. The van der Waals surface area contributed by atoms with Crippen LogP contribution in [0, 0.1) is 11.6 Å². The molecule has 0 aliphatic heterocycles. The third-order valence-electron chi connectivity index (χ3n) is 6.35. The summed E-state index contributed by atoms with van der Waals surface area (Å²) in [6.45, 7) is 1.99. The summed E-state index contributed by atoms with van der Waals surface area (Å²) in [5, 5.41) is 8.30. The van der Waals surface area contributed by atoms with Gasteiger partial charge in [0.15, 0.2) is 11.6 Å². The molecule has 0 unspecified atom stereocenters. The first-order chi connectivity index (χ1) is 20.8. The second-order valence-corrected chi connectivity index (χ2v) is 10.5. The smallest absolute Gasteiger partial charge is 0.233 e. The largest absolute Gasteiger partial charge is 0.453 e. The highest BCUT2D eigenvalue weighted by molar-refractivity contribution is 7.22. The molecule has 2 amide bonds. The fraction of sp³-hybridized carbons (Fsp3) is 0.200. The Bertz CT molecular complexity index is 1760. The van der Waals surface area contributed by atoms with Crippen molar-refractivity contribution in [1.82, 2.24) is 19.9 Å². The van der Waals surface area contributed by atoms with Crippen LogP contribution in [0.25, 0.3) is 20.9 Å². The van der Waals surface area contributed by atoms with Gasteiger partial charge in [0.1, 0.15) is 23.8 Å². The molecule has 222 valence electrons. The number of benzene rings is 2. The van der Waals surface area contributed by atoms with Crippen molar-refractivity contribution in [2.75, 3.05) is 30.9 Å². The Labute approximate surface area is 249 Å². The van der Waals surface area contributed by atoms with Crippen LogP contribution in [0.3, 0.4) is 0 Å². The summed E-state index contributed by atoms with van der Waals surface area (Å²) in [7, 11) is 3.60. The molecule has 3 heterocycles. The quantitative estimate of drug-likeness (QED) is 0.127. The van der Waals surface area contributed by atoms with Gasteiger partial charge in [-0.3, -0.25) is 14.6 Å². The molecule has 5 rings (SSSR count). The summed E-state index contributed by atoms with van der Waals surface area (Å²) in [6.07, 6.45) is 2.90. The zero-order chi connectivity index (χ0) is 30.3. The van der Waals surface area contributed by atoms with Crippen LogP contribution in [0.5, 0.6) is 11.5 Å². The molecule has 13 heteroatoms. The highest BCUT2D eigenvalue weighted by Crippen LogP contribution is 2.39. The number of halogens is 2. The zero-order valence-electron chi connectivity index (χ0n) is 23.3. The van der Waals surface area contributed by atoms with Crippen LogP contribution < -0.4 is 20.7 Å². The van der Waals surface area contributed by atoms with Crippen molar-refractivity contribution in [2.45, 2.75) is 13.0 Å². The van der Waals surface area contributed by atoms with Crippen LogP contribution in [0.2, 0.25) is 0 Å². The minimum atomic E-state index is -0.704. The Kier molecular flexibility index (Phi) is 9.35. The van der Waals surface area contributed by atoms with Gasteiger partial charge in [-0.05, 0) is 42.5 Å². The van der Waals surface area contributed by atoms with Crippen molar-refractivity contribution in [3.05, 3.63) is 84.3 Å². The number of carbonyl (C=O) groups excluding carboxylic acids is 2. The molecule has 0 aliphatic rings. The van der Waals surface area contributed by atoms with Crippen molar-refractivity contribution in [3.63, 3.8) is 0 Å². The van der Waals surface area contributed by atoms with Gasteiger partial charge in [-0.15, -0.1) is 11.3 Å². The summed E-state index contributed by atoms with van der Waals surface area (Å²) in [4.78, 5) is 34.3. The summed E-state index contributed by atoms with van der Waals surface area (Å²) >= 11 is 1.43. The molecule has 0 bridgehead atoms. The van der Waals surface area contributed by atoms with Crippen LogP contribution in [0.1, 0.15) is 12.1 Å². The van der Waals surface area contributed by atoms with Gasteiger partial charge in [-0.1, -0.05) is 0 Å². The monoisotopic (exact) mass is 606 g/mol. The molecular weight excluding hydrogens is 578 g/mol. The number of hydrogen-bond donors (Lipinski definition) is 3. The Morgan fingerprint density at radius 2 is 1.70 bits per heavy atom. The molecular formula is C30H28F2N6O4S. The van der Waals surface area contributed by atoms with Gasteiger partial charge in [0.05, 0.1) is 33.6 Å². The summed E-state index contributed by atoms with van der Waals surface area (Å²) in [5.41, 5.74) is 2.20. The van der Waals surface area contributed by atoms with E-state index in [1.807, 2.05) is 23.9 Å². The van der Waals surface area contributed by atoms with Gasteiger partial charge < -0.3 is 30.0 Å². The minimum Gasteiger partial charge on any atom is -0.453 e. The van der Waals surface area contributed by atoms with E-state index in [2.05, 4.69) is 25.9 Å². The molecule has 0 aliphatic carbocycles. The lowest BCUT2D eigenvalue weighted by Crippen LogP contribution is -2.21. The average Bonchev–Trinajstić information content (AvgIpc) is 3.57. The first kappa shape index (κ1) is 29.8. The molecule has 0 spiro atoms. The van der Waals surface area contributed by atoms with Crippen LogP contribution >= 0.6 is 11.3 Å². The lowest BCUT2D eigenvalue weighted by atomic mass is 10.2. The van der Waals surface area contributed by atoms with E-state index in [1.54, 1.807) is 19.4 Å². The van der Waals surface area contributed by atoms with Gasteiger partial charge in [0.25, 0.3) is 0 Å². The molecule has 0 fully saturated rings. The Morgan fingerprint density at radius 3 is 2.44 bits per heavy atom. The predicted molar refractivity (Wildman–Crippen MR) is 160 cm³/mol. The minimum absolute atomic E-state index is 0.0455. The van der Waals surface area contributed by atoms with E-state index in [0.29, 0.717) is 30.1 Å². The lowest BCUT2D eigenvalue weighted by Gasteiger charge is -2.10. The number of imidazole rings is 1. The van der Waals surface area contributed by atoms with Crippen LogP contribution in [-0.4, -0.2) is 46.6 Å². The third-order valence-corrected chi connectivity index (χ3v) is 7.49. The van der Waals surface area contributed by atoms with E-state index in [1.165, 1.54) is 47.7 Å². The van der Waals surface area contributed by atoms with Gasteiger partial charge in [0, 0.05) is 57.0 Å². The maximum Gasteiger partial charge on any atom is 0.233 e. The van der Waals surface area contributed by atoms with E-state index in [9.17, 15) is 14.0 Å². The molecule has 10 nitrogen and oxygen atoms in total. The molecule has 3 aromatic heterocycles. The number of aromatic nitrogens is 3. The number of thiophene rings is 1. The standard InChI is InChI=1S/C30H28F2N6O4S/c1-38-21(16-33-11-12-41-2)17-35-30(38)26-14-23-29(43-26)25(9-10-34-23)42-24-8-7-20(13-22(24)32)37-28(40)15-27(39)36-19-5-3-18(31)4-6-19/h3-10,13-14,17,33H,11-12,15-16H2,1-2H3,(H,36,39)(H,37,40). The number of hydrogen-bond acceptors (Lipinski definition) is 8. The van der Waals surface area contributed by atoms with Gasteiger partial charge in [0.2, 0.25) is 11.8 Å². The molecule has 5 aromatic rings. The fourth-order valence-corrected chi connectivity index (χ4v) is 5.30. The number of ether oxygens (including phenoxy) is 2. The molecule has 0 radical (unpaired) electrons. The number of rotatable bonds is 12. The topological polar surface area (TPSA) is 119 Å². The molecule has 2 aromatic carbocycles. The number of anilines is 2. The van der Waals surface area contributed by atoms with Crippen molar-refractivity contribution in [1.29, 1.82) is 0 Å². The maximum atomic E-state index is 15.0. The van der Waals surface area contributed by atoms with Crippen molar-refractivity contribution in [3.8, 4) is 22.2 Å². The first-order valence-electron chi connectivity index (χ1n) is 13.2. The van der Waals surface area contributed by atoms with Gasteiger partial charge in [-0.25, -0.2) is 13.8 Å². The Hall–Kier alpha value is -4.72. The highest BCUT2D eigenvalue weighted by atomic mass is 32.1. The van der Waals surface area contributed by atoms with Crippen molar-refractivity contribution in [2.24, 2.45) is 7.05 Å². The zero-order valence-corrected chi connectivity index (χ0v) is 24.1. The Morgan fingerprint density at radius 1 is 0.953 bits per heavy atom. The number of fused-ring (bicyclic) bond motifs is 1. The summed E-state index contributed by atoms with van der Waals surface area (Å²) in [6, 6.07) is 12.7. The summed E-state index contributed by atoms with van der Waals surface area (Å²) < 4.78 is 41.8. The lowest BCUT2D eigenvalue weighted by molar-refractivity contribution is -0.123. The van der Waals surface area contributed by atoms with E-state index in [0.717, 1.165) is 33.7 Å². The number of nitrogens with zero attached hydrogens (tertiary/aromatic N) is 3. The maximum absolute atomic E-state index is 15.0. The van der Waals surface area contributed by atoms with Crippen LogP contribution in [0.4, 0.5) is 20.2 Å². The van der Waals surface area contributed by atoms with Crippen molar-refractivity contribution < 1.29 is 27.8 Å². The van der Waals surface area contributed by atoms with Crippen molar-refractivity contribution >= 4 is 44.7 Å². The highest BCUT2D eigenvalue weighted by Gasteiger charge is 2.17. The number of amides is 2. The van der Waals surface area contributed by atoms with E-state index < -0.39 is 29.9 Å². The SMILES string of the molecule is COCCNCc1cnc(-c2cc3nccc(Oc4ccc(NC(=O)CC(=O)Nc5ccc(F)cc5)cc4F)c3s2)n1C. The van der Waals surface area contributed by atoms with Crippen LogP contribution in [-0.2, 0) is 27.9 Å². The number of pyridine rings is 1. The average molecular weight is 607 g/mol. The fourth-order valence-electron chi connectivity index (χ4n) is 4.20. The second-order valence-electron chi connectivity index (χ2n) is 9.46. The molecule has 3 N–H and O–H groups in total. The number of carbonyl (C=O) groups is 2. The molecule has 43 heavy (non-hydrogen) atoms. The van der Waals surface area contributed by atoms with E-state index >= 15 is 4.39 Å². The van der Waals surface area contributed by atoms with E-state index in [-0.39, 0.29) is 11.4 Å². The second kappa shape index (κ2) is 13.5. The number of methoxy groups -OCH3 is 1. The van der Waals surface area contributed by atoms with Crippen LogP contribution in [0.15, 0.2) is 67.0 Å². The number of nitrogens with one attached hydrogen (secondary N) is 3. The predicted octanol–water partition coefficient (Wildman–Crippen LogP) is 5.47.